The maximum atomic E-state index is 11.1. The van der Waals surface area contributed by atoms with Crippen molar-refractivity contribution in [2.75, 3.05) is 14.1 Å². The fourth-order valence-electron chi connectivity index (χ4n) is 1.48. The van der Waals surface area contributed by atoms with Crippen molar-refractivity contribution >= 4 is 11.9 Å². The molecule has 0 radical (unpaired) electrons. The van der Waals surface area contributed by atoms with Crippen LogP contribution in [0.25, 0.3) is 0 Å². The van der Waals surface area contributed by atoms with Gasteiger partial charge in [-0.2, -0.15) is 0 Å². The van der Waals surface area contributed by atoms with Gasteiger partial charge in [-0.15, -0.1) is 0 Å². The van der Waals surface area contributed by atoms with Crippen LogP contribution in [0.3, 0.4) is 0 Å². The van der Waals surface area contributed by atoms with Gasteiger partial charge in [0, 0.05) is 6.42 Å². The molecule has 0 aliphatic heterocycles. The Morgan fingerprint density at radius 2 is 2.00 bits per heavy atom. The van der Waals surface area contributed by atoms with Gasteiger partial charge in [0.15, 0.2) is 6.04 Å². The topological polar surface area (TPSA) is 87.2 Å². The average molecular weight is 216 g/mol. The number of hydrogen-bond donors (Lipinski definition) is 3. The number of carbonyl (C=O) groups is 1. The number of unbranched alkanes of at least 4 members (excludes halogenated alkanes) is 2. The van der Waals surface area contributed by atoms with Crippen molar-refractivity contribution in [1.82, 2.24) is 0 Å². The van der Waals surface area contributed by atoms with Gasteiger partial charge in [-0.3, -0.25) is 4.48 Å². The molecule has 0 bridgehead atoms. The third-order valence-corrected chi connectivity index (χ3v) is 2.77. The molecule has 0 aromatic carbocycles. The predicted octanol–water partition coefficient (Wildman–Crippen LogP) is 0.990. The quantitative estimate of drug-likeness (QED) is 0.268. The summed E-state index contributed by atoms with van der Waals surface area (Å²) in [6, 6.07) is -0.617. The molecule has 0 fully saturated rings. The second kappa shape index (κ2) is 5.70. The van der Waals surface area contributed by atoms with Crippen LogP contribution in [0.1, 0.15) is 32.6 Å². The summed E-state index contributed by atoms with van der Waals surface area (Å²) in [6.07, 6.45) is 3.50. The van der Waals surface area contributed by atoms with Crippen LogP contribution >= 0.6 is 0 Å². The molecular weight excluding hydrogens is 194 g/mol. The number of guanidine groups is 1. The minimum Gasteiger partial charge on any atom is -0.477 e. The van der Waals surface area contributed by atoms with Crippen molar-refractivity contribution in [3.8, 4) is 0 Å². The van der Waals surface area contributed by atoms with Crippen molar-refractivity contribution in [2.45, 2.75) is 38.6 Å². The van der Waals surface area contributed by atoms with Gasteiger partial charge in [0.1, 0.15) is 0 Å². The molecule has 0 saturated heterocycles. The number of hydrogen-bond acceptors (Lipinski definition) is 2. The van der Waals surface area contributed by atoms with Gasteiger partial charge in [-0.25, -0.2) is 10.2 Å². The predicted molar refractivity (Wildman–Crippen MR) is 59.6 cm³/mol. The lowest BCUT2D eigenvalue weighted by atomic mass is 10.1. The summed E-state index contributed by atoms with van der Waals surface area (Å²) in [5.41, 5.74) is 5.41. The Bertz CT molecular complexity index is 239. The largest absolute Gasteiger partial charge is 0.477 e. The third kappa shape index (κ3) is 3.87. The molecule has 4 N–H and O–H groups in total. The van der Waals surface area contributed by atoms with E-state index in [1.807, 2.05) is 0 Å². The first-order valence-corrected chi connectivity index (χ1v) is 5.25. The van der Waals surface area contributed by atoms with Crippen molar-refractivity contribution in [3.05, 3.63) is 0 Å². The Balaban J connectivity index is 4.52. The zero-order valence-electron chi connectivity index (χ0n) is 9.79. The lowest BCUT2D eigenvalue weighted by molar-refractivity contribution is -0.820. The Labute approximate surface area is 91.0 Å². The van der Waals surface area contributed by atoms with E-state index in [9.17, 15) is 4.79 Å². The number of carboxylic acid groups (broad SMARTS) is 1. The van der Waals surface area contributed by atoms with Gasteiger partial charge in [-0.1, -0.05) is 19.8 Å². The molecule has 88 valence electrons. The molecule has 0 aromatic rings. The number of carboxylic acids is 1. The lowest BCUT2D eigenvalue weighted by Gasteiger charge is -2.32. The second-order valence-electron chi connectivity index (χ2n) is 4.27. The zero-order valence-corrected chi connectivity index (χ0v) is 9.79. The van der Waals surface area contributed by atoms with Crippen LogP contribution in [0, 0.1) is 5.41 Å². The molecule has 15 heavy (non-hydrogen) atoms. The van der Waals surface area contributed by atoms with E-state index in [4.69, 9.17) is 16.2 Å². The first kappa shape index (κ1) is 13.9. The first-order valence-electron chi connectivity index (χ1n) is 5.25. The molecule has 0 aromatic heterocycles. The van der Waals surface area contributed by atoms with Crippen LogP contribution in [0.2, 0.25) is 0 Å². The van der Waals surface area contributed by atoms with E-state index in [0.717, 1.165) is 19.3 Å². The summed E-state index contributed by atoms with van der Waals surface area (Å²) in [4.78, 5) is 11.1. The minimum atomic E-state index is -0.883. The smallest absolute Gasteiger partial charge is 0.363 e. The van der Waals surface area contributed by atoms with E-state index in [1.165, 1.54) is 0 Å². The monoisotopic (exact) mass is 216 g/mol. The van der Waals surface area contributed by atoms with E-state index >= 15 is 0 Å². The maximum absolute atomic E-state index is 11.1. The molecular formula is C10H22N3O2+. The molecule has 0 aliphatic rings. The summed E-state index contributed by atoms with van der Waals surface area (Å²) < 4.78 is -0.0704. The molecule has 1 unspecified atom stereocenters. The van der Waals surface area contributed by atoms with Gasteiger partial charge in [-0.05, 0) is 6.42 Å². The van der Waals surface area contributed by atoms with Crippen LogP contribution in [0.5, 0.6) is 0 Å². The first-order chi connectivity index (χ1) is 6.84. The molecule has 0 amide bonds. The fourth-order valence-corrected chi connectivity index (χ4v) is 1.48. The van der Waals surface area contributed by atoms with Crippen LogP contribution in [0.4, 0.5) is 0 Å². The third-order valence-electron chi connectivity index (χ3n) is 2.77. The lowest BCUT2D eigenvalue weighted by Crippen LogP contribution is -2.59. The highest BCUT2D eigenvalue weighted by molar-refractivity contribution is 5.76. The molecule has 5 heteroatoms. The van der Waals surface area contributed by atoms with Gasteiger partial charge in [0.25, 0.3) is 5.96 Å². The second-order valence-corrected chi connectivity index (χ2v) is 4.27. The van der Waals surface area contributed by atoms with Crippen molar-refractivity contribution < 1.29 is 14.4 Å². The van der Waals surface area contributed by atoms with E-state index in [2.05, 4.69) is 6.92 Å². The number of likely N-dealkylation sites (N-methyl/N-ethyl adjacent to an activating group) is 1. The number of nitrogens with one attached hydrogen (secondary N) is 1. The van der Waals surface area contributed by atoms with Crippen molar-refractivity contribution in [1.29, 1.82) is 5.41 Å². The molecule has 1 atom stereocenters. The number of quaternary nitrogens is 1. The molecule has 0 saturated carbocycles. The number of rotatable bonds is 6. The van der Waals surface area contributed by atoms with Crippen molar-refractivity contribution in [3.63, 3.8) is 0 Å². The highest BCUT2D eigenvalue weighted by Crippen LogP contribution is 2.14. The van der Waals surface area contributed by atoms with E-state index in [0.29, 0.717) is 6.42 Å². The molecule has 5 nitrogen and oxygen atoms in total. The van der Waals surface area contributed by atoms with Crippen molar-refractivity contribution in [2.24, 2.45) is 5.73 Å². The van der Waals surface area contributed by atoms with E-state index in [1.54, 1.807) is 14.1 Å². The minimum absolute atomic E-state index is 0.0704. The fraction of sp³-hybridized carbons (Fsp3) is 0.800. The number of nitrogens with zero attached hydrogens (tertiary/aromatic N) is 1. The normalized spacial score (nSPS) is 13.5. The Hall–Kier alpha value is -1.10. The Morgan fingerprint density at radius 3 is 2.33 bits per heavy atom. The van der Waals surface area contributed by atoms with E-state index in [-0.39, 0.29) is 10.4 Å². The highest BCUT2D eigenvalue weighted by atomic mass is 16.4. The van der Waals surface area contributed by atoms with Crippen LogP contribution in [-0.4, -0.2) is 41.7 Å². The van der Waals surface area contributed by atoms with Crippen LogP contribution < -0.4 is 5.73 Å². The summed E-state index contributed by atoms with van der Waals surface area (Å²) in [5.74, 6) is -0.995. The zero-order chi connectivity index (χ0) is 12.1. The Morgan fingerprint density at radius 1 is 1.47 bits per heavy atom. The summed E-state index contributed by atoms with van der Waals surface area (Å²) in [6.45, 7) is 2.07. The van der Waals surface area contributed by atoms with Gasteiger partial charge >= 0.3 is 5.97 Å². The van der Waals surface area contributed by atoms with Gasteiger partial charge in [0.05, 0.1) is 14.1 Å². The Kier molecular flexibility index (Phi) is 5.28. The molecule has 0 aliphatic carbocycles. The molecule has 0 spiro atoms. The molecule has 0 rings (SSSR count). The number of aliphatic carboxylic acids is 1. The summed E-state index contributed by atoms with van der Waals surface area (Å²) in [5, 5.41) is 16.5. The van der Waals surface area contributed by atoms with Crippen LogP contribution in [-0.2, 0) is 4.79 Å². The average Bonchev–Trinajstić information content (AvgIpc) is 2.11. The van der Waals surface area contributed by atoms with Gasteiger partial charge in [0.2, 0.25) is 0 Å². The highest BCUT2D eigenvalue weighted by Gasteiger charge is 2.37. The molecule has 0 heterocycles. The SMILES string of the molecule is CCCCCC(C(=O)O)[N+](C)(C)C(=N)N. The van der Waals surface area contributed by atoms with E-state index < -0.39 is 12.0 Å². The number of nitrogens with two attached hydrogens (primary N) is 1. The summed E-state index contributed by atoms with van der Waals surface area (Å²) >= 11 is 0. The van der Waals surface area contributed by atoms with Crippen LogP contribution in [0.15, 0.2) is 0 Å². The van der Waals surface area contributed by atoms with Gasteiger partial charge < -0.3 is 10.8 Å². The maximum Gasteiger partial charge on any atom is 0.363 e. The standard InChI is InChI=1S/C10H21N3O2/c1-4-5-6-7-8(9(14)15)13(2,3)10(11)12/h8H,4-7H2,1-3H3,(H3-,11,12,14,15)/p+1. The summed E-state index contributed by atoms with van der Waals surface area (Å²) in [7, 11) is 3.32.